The Kier molecular flexibility index (Phi) is 6.04. The molecule has 0 fully saturated rings. The highest BCUT2D eigenvalue weighted by molar-refractivity contribution is 6.74. The third kappa shape index (κ3) is 4.71. The zero-order chi connectivity index (χ0) is 17.1. The van der Waals surface area contributed by atoms with Crippen LogP contribution in [0.5, 0.6) is 5.75 Å². The quantitative estimate of drug-likeness (QED) is 0.778. The molecule has 0 radical (unpaired) electrons. The van der Waals surface area contributed by atoms with Crippen LogP contribution in [0.2, 0.25) is 18.1 Å². The van der Waals surface area contributed by atoms with E-state index in [1.807, 2.05) is 13.0 Å². The molecule has 0 aliphatic carbocycles. The van der Waals surface area contributed by atoms with Gasteiger partial charge in [-0.25, -0.2) is 0 Å². The molecule has 1 atom stereocenters. The lowest BCUT2D eigenvalue weighted by Crippen LogP contribution is -2.43. The average molecular weight is 325 g/mol. The van der Waals surface area contributed by atoms with Crippen molar-refractivity contribution < 1.29 is 9.16 Å². The molecule has 1 aromatic heterocycles. The Balaban J connectivity index is 2.71. The van der Waals surface area contributed by atoms with Crippen molar-refractivity contribution in [3.63, 3.8) is 0 Å². The average Bonchev–Trinajstić information content (AvgIpc) is 2.37. The maximum absolute atomic E-state index is 6.20. The van der Waals surface area contributed by atoms with Crippen LogP contribution in [0.1, 0.15) is 53.2 Å². The molecule has 1 aromatic rings. The standard InChI is InChI=1S/C17H32N2O2Si/c1-12(2)16-15(18)14(9-10-19-16)21-13(3)11-20-22(7,8)17(4,5)6/h9-10,12-13H,11,18H2,1-8H3/t13-/m0/s1. The van der Waals surface area contributed by atoms with Crippen molar-refractivity contribution >= 4 is 14.0 Å². The summed E-state index contributed by atoms with van der Waals surface area (Å²) in [6.07, 6.45) is 1.71. The fourth-order valence-electron chi connectivity index (χ4n) is 1.83. The maximum atomic E-state index is 6.20. The monoisotopic (exact) mass is 324 g/mol. The SMILES string of the molecule is CC(C)c1nccc(O[C@@H](C)CO[Si](C)(C)C(C)(C)C)c1N. The first kappa shape index (κ1) is 19.0. The van der Waals surface area contributed by atoms with E-state index in [2.05, 4.69) is 52.7 Å². The van der Waals surface area contributed by atoms with Gasteiger partial charge in [0.15, 0.2) is 8.32 Å². The number of nitrogens with two attached hydrogens (primary N) is 1. The van der Waals surface area contributed by atoms with Gasteiger partial charge in [-0.15, -0.1) is 0 Å². The highest BCUT2D eigenvalue weighted by Crippen LogP contribution is 2.36. The first-order chi connectivity index (χ1) is 9.95. The number of pyridine rings is 1. The first-order valence-corrected chi connectivity index (χ1v) is 10.9. The smallest absolute Gasteiger partial charge is 0.192 e. The molecule has 2 N–H and O–H groups in total. The highest BCUT2D eigenvalue weighted by Gasteiger charge is 2.37. The van der Waals surface area contributed by atoms with Crippen molar-refractivity contribution in [2.45, 2.75) is 71.7 Å². The summed E-state index contributed by atoms with van der Waals surface area (Å²) in [5.74, 6) is 0.979. The van der Waals surface area contributed by atoms with Gasteiger partial charge >= 0.3 is 0 Å². The van der Waals surface area contributed by atoms with Crippen molar-refractivity contribution in [2.75, 3.05) is 12.3 Å². The van der Waals surface area contributed by atoms with E-state index in [1.54, 1.807) is 6.20 Å². The number of hydrogen-bond donors (Lipinski definition) is 1. The van der Waals surface area contributed by atoms with Gasteiger partial charge in [-0.05, 0) is 31.0 Å². The Morgan fingerprint density at radius 3 is 2.32 bits per heavy atom. The van der Waals surface area contributed by atoms with E-state index in [-0.39, 0.29) is 17.1 Å². The van der Waals surface area contributed by atoms with E-state index in [1.165, 1.54) is 0 Å². The van der Waals surface area contributed by atoms with Crippen molar-refractivity contribution in [3.05, 3.63) is 18.0 Å². The summed E-state index contributed by atoms with van der Waals surface area (Å²) in [5.41, 5.74) is 7.68. The minimum absolute atomic E-state index is 0.0427. The fourth-order valence-corrected chi connectivity index (χ4v) is 2.91. The number of nitrogen functional groups attached to an aromatic ring is 1. The van der Waals surface area contributed by atoms with Gasteiger partial charge in [0.2, 0.25) is 0 Å². The van der Waals surface area contributed by atoms with Crippen molar-refractivity contribution in [2.24, 2.45) is 0 Å². The molecule has 126 valence electrons. The minimum atomic E-state index is -1.75. The van der Waals surface area contributed by atoms with Crippen LogP contribution in [0, 0.1) is 0 Å². The van der Waals surface area contributed by atoms with E-state index in [9.17, 15) is 0 Å². The number of hydrogen-bond acceptors (Lipinski definition) is 4. The van der Waals surface area contributed by atoms with Crippen LogP contribution < -0.4 is 10.5 Å². The topological polar surface area (TPSA) is 57.4 Å². The van der Waals surface area contributed by atoms with E-state index < -0.39 is 8.32 Å². The summed E-state index contributed by atoms with van der Waals surface area (Å²) in [7, 11) is -1.75. The molecule has 0 spiro atoms. The van der Waals surface area contributed by atoms with Gasteiger partial charge in [-0.3, -0.25) is 4.98 Å². The van der Waals surface area contributed by atoms with Crippen LogP contribution in [-0.2, 0) is 4.43 Å². The van der Waals surface area contributed by atoms with E-state index in [4.69, 9.17) is 14.9 Å². The van der Waals surface area contributed by atoms with Crippen LogP contribution in [0.15, 0.2) is 12.3 Å². The summed E-state index contributed by atoms with van der Waals surface area (Å²) in [6, 6.07) is 1.82. The van der Waals surface area contributed by atoms with Gasteiger partial charge in [-0.2, -0.15) is 0 Å². The zero-order valence-corrected chi connectivity index (χ0v) is 16.4. The van der Waals surface area contributed by atoms with Gasteiger partial charge in [0.25, 0.3) is 0 Å². The summed E-state index contributed by atoms with van der Waals surface area (Å²) in [6.45, 7) is 18.0. The van der Waals surface area contributed by atoms with Crippen molar-refractivity contribution in [1.29, 1.82) is 0 Å². The van der Waals surface area contributed by atoms with Gasteiger partial charge in [0, 0.05) is 12.3 Å². The minimum Gasteiger partial charge on any atom is -0.486 e. The Labute approximate surface area is 136 Å². The predicted octanol–water partition coefficient (Wildman–Crippen LogP) is 4.58. The number of aromatic nitrogens is 1. The molecule has 0 amide bonds. The highest BCUT2D eigenvalue weighted by atomic mass is 28.4. The van der Waals surface area contributed by atoms with Crippen LogP contribution in [-0.4, -0.2) is 26.0 Å². The Hall–Kier alpha value is -1.07. The second-order valence-corrected chi connectivity index (χ2v) is 12.6. The second kappa shape index (κ2) is 7.00. The normalized spacial score (nSPS) is 14.2. The lowest BCUT2D eigenvalue weighted by molar-refractivity contribution is 0.134. The van der Waals surface area contributed by atoms with Gasteiger partial charge in [0.05, 0.1) is 18.0 Å². The molecular weight excluding hydrogens is 292 g/mol. The molecular formula is C17H32N2O2Si. The number of anilines is 1. The summed E-state index contributed by atoms with van der Waals surface area (Å²) >= 11 is 0. The van der Waals surface area contributed by atoms with Gasteiger partial charge < -0.3 is 14.9 Å². The molecule has 4 nitrogen and oxygen atoms in total. The van der Waals surface area contributed by atoms with Gasteiger partial charge in [0.1, 0.15) is 11.9 Å². The second-order valence-electron chi connectivity index (χ2n) is 7.76. The first-order valence-electron chi connectivity index (χ1n) is 8.00. The molecule has 1 heterocycles. The summed E-state index contributed by atoms with van der Waals surface area (Å²) < 4.78 is 12.2. The maximum Gasteiger partial charge on any atom is 0.192 e. The van der Waals surface area contributed by atoms with E-state index in [0.717, 1.165) is 5.69 Å². The van der Waals surface area contributed by atoms with Crippen molar-refractivity contribution in [1.82, 2.24) is 4.98 Å². The molecule has 5 heteroatoms. The molecule has 0 unspecified atom stereocenters. The molecule has 1 rings (SSSR count). The molecule has 0 saturated carbocycles. The van der Waals surface area contributed by atoms with Crippen LogP contribution in [0.4, 0.5) is 5.69 Å². The fraction of sp³-hybridized carbons (Fsp3) is 0.706. The Bertz CT molecular complexity index is 496. The third-order valence-corrected chi connectivity index (χ3v) is 8.84. The van der Waals surface area contributed by atoms with Crippen LogP contribution >= 0.6 is 0 Å². The Morgan fingerprint density at radius 1 is 1.23 bits per heavy atom. The number of ether oxygens (including phenoxy) is 1. The summed E-state index contributed by atoms with van der Waals surface area (Å²) in [5, 5.41) is 0.202. The lowest BCUT2D eigenvalue weighted by Gasteiger charge is -2.37. The van der Waals surface area contributed by atoms with Gasteiger partial charge in [-0.1, -0.05) is 34.6 Å². The molecule has 22 heavy (non-hydrogen) atoms. The molecule has 0 saturated heterocycles. The lowest BCUT2D eigenvalue weighted by atomic mass is 10.1. The largest absolute Gasteiger partial charge is 0.486 e. The summed E-state index contributed by atoms with van der Waals surface area (Å²) in [4.78, 5) is 4.33. The molecule has 0 aromatic carbocycles. The third-order valence-electron chi connectivity index (χ3n) is 4.34. The molecule has 0 aliphatic heterocycles. The Morgan fingerprint density at radius 2 is 1.82 bits per heavy atom. The van der Waals surface area contributed by atoms with Crippen molar-refractivity contribution in [3.8, 4) is 5.75 Å². The van der Waals surface area contributed by atoms with E-state index >= 15 is 0 Å². The number of nitrogens with zero attached hydrogens (tertiary/aromatic N) is 1. The van der Waals surface area contributed by atoms with Crippen LogP contribution in [0.3, 0.4) is 0 Å². The predicted molar refractivity (Wildman–Crippen MR) is 96.0 cm³/mol. The molecule has 0 bridgehead atoms. The molecule has 0 aliphatic rings. The zero-order valence-electron chi connectivity index (χ0n) is 15.4. The number of rotatable bonds is 6. The van der Waals surface area contributed by atoms with E-state index in [0.29, 0.717) is 18.0 Å². The van der Waals surface area contributed by atoms with Crippen LogP contribution in [0.25, 0.3) is 0 Å².